The molecular weight excluding hydrogens is 463 g/mol. The van der Waals surface area contributed by atoms with Gasteiger partial charge in [0.05, 0.1) is 12.0 Å². The quantitative estimate of drug-likeness (QED) is 0.378. The van der Waals surface area contributed by atoms with Gasteiger partial charge in [-0.05, 0) is 43.0 Å². The van der Waals surface area contributed by atoms with Gasteiger partial charge in [-0.25, -0.2) is 25.5 Å². The van der Waals surface area contributed by atoms with Gasteiger partial charge in [0.15, 0.2) is 6.41 Å². The molecule has 2 aliphatic heterocycles. The highest BCUT2D eigenvalue weighted by molar-refractivity contribution is 7.89. The third kappa shape index (κ3) is 5.95. The van der Waals surface area contributed by atoms with Crippen LogP contribution in [-0.2, 0) is 24.8 Å². The maximum Gasteiger partial charge on any atom is 0.216 e. The van der Waals surface area contributed by atoms with E-state index in [2.05, 4.69) is 0 Å². The molecule has 1 aromatic rings. The molecule has 2 heterocycles. The summed E-state index contributed by atoms with van der Waals surface area (Å²) in [7, 11) is -7.36. The Morgan fingerprint density at radius 3 is 2.28 bits per heavy atom. The summed E-state index contributed by atoms with van der Waals surface area (Å²) < 4.78 is 65.6. The summed E-state index contributed by atoms with van der Waals surface area (Å²) >= 11 is 0. The van der Waals surface area contributed by atoms with E-state index < -0.39 is 37.8 Å². The van der Waals surface area contributed by atoms with Gasteiger partial charge in [-0.15, -0.1) is 0 Å². The molecular formula is C19H28FN4O6S2-. The number of halogens is 1. The summed E-state index contributed by atoms with van der Waals surface area (Å²) in [5, 5.41) is 12.4. The molecule has 10 nitrogen and oxygen atoms in total. The highest BCUT2D eigenvalue weighted by Crippen LogP contribution is 2.26. The van der Waals surface area contributed by atoms with Crippen molar-refractivity contribution in [3.05, 3.63) is 35.3 Å². The number of carbonyl (C=O) groups excluding carboxylic acids is 1. The number of piperazine rings is 1. The molecule has 0 spiro atoms. The first-order chi connectivity index (χ1) is 15.0. The van der Waals surface area contributed by atoms with E-state index in [0.29, 0.717) is 32.5 Å². The topological polar surface area (TPSA) is 121 Å². The fourth-order valence-corrected chi connectivity index (χ4v) is 6.99. The number of anilines is 1. The number of benzene rings is 1. The van der Waals surface area contributed by atoms with Crippen molar-refractivity contribution in [2.75, 3.05) is 56.2 Å². The second-order valence-electron chi connectivity index (χ2n) is 8.20. The van der Waals surface area contributed by atoms with Crippen LogP contribution in [0.1, 0.15) is 12.8 Å². The zero-order valence-electron chi connectivity index (χ0n) is 17.8. The van der Waals surface area contributed by atoms with E-state index in [-0.39, 0.29) is 36.9 Å². The minimum absolute atomic E-state index is 0.00391. The Bertz CT molecular complexity index is 997. The van der Waals surface area contributed by atoms with Crippen LogP contribution < -0.4 is 4.90 Å². The number of piperidine rings is 1. The molecule has 0 radical (unpaired) electrons. The SMILES string of the molecule is CS(=O)(=O)N1CCCC(C(CS(=O)(=O)N2CCN(c3ccc(F)cc3)CC2)N([O-])C=O)C1. The Morgan fingerprint density at radius 1 is 1.09 bits per heavy atom. The second-order valence-corrected chi connectivity index (χ2v) is 12.2. The minimum Gasteiger partial charge on any atom is -0.756 e. The number of nitrogens with zero attached hydrogens (tertiary/aromatic N) is 4. The fourth-order valence-electron chi connectivity index (χ4n) is 4.28. The summed E-state index contributed by atoms with van der Waals surface area (Å²) in [6.07, 6.45) is 2.05. The molecule has 13 heteroatoms. The predicted molar refractivity (Wildman–Crippen MR) is 118 cm³/mol. The molecule has 2 unspecified atom stereocenters. The summed E-state index contributed by atoms with van der Waals surface area (Å²) in [6.45, 7) is 1.48. The minimum atomic E-state index is -3.87. The maximum absolute atomic E-state index is 13.1. The number of hydroxylamine groups is 2. The Hall–Kier alpha value is -1.80. The first-order valence-electron chi connectivity index (χ1n) is 10.4. The van der Waals surface area contributed by atoms with E-state index in [1.807, 2.05) is 4.90 Å². The number of hydrogen-bond acceptors (Lipinski definition) is 7. The number of rotatable bonds is 8. The summed E-state index contributed by atoms with van der Waals surface area (Å²) in [5.74, 6) is -1.49. The molecule has 2 fully saturated rings. The van der Waals surface area contributed by atoms with Gasteiger partial charge >= 0.3 is 0 Å². The number of carbonyl (C=O) groups is 1. The molecule has 0 bridgehead atoms. The van der Waals surface area contributed by atoms with Crippen LogP contribution in [0.2, 0.25) is 0 Å². The van der Waals surface area contributed by atoms with Crippen molar-refractivity contribution in [3.8, 4) is 0 Å². The third-order valence-corrected chi connectivity index (χ3v) is 9.25. The number of amides is 1. The fraction of sp³-hybridized carbons (Fsp3) is 0.632. The molecule has 0 aliphatic carbocycles. The second kappa shape index (κ2) is 10.00. The smallest absolute Gasteiger partial charge is 0.216 e. The molecule has 1 amide bonds. The summed E-state index contributed by atoms with van der Waals surface area (Å²) in [5.41, 5.74) is 0.788. The lowest BCUT2D eigenvalue weighted by Gasteiger charge is -2.43. The Morgan fingerprint density at radius 2 is 1.72 bits per heavy atom. The van der Waals surface area contributed by atoms with Gasteiger partial charge in [-0.2, -0.15) is 4.31 Å². The van der Waals surface area contributed by atoms with Crippen LogP contribution in [0.3, 0.4) is 0 Å². The highest BCUT2D eigenvalue weighted by Gasteiger charge is 2.36. The monoisotopic (exact) mass is 491 g/mol. The van der Waals surface area contributed by atoms with Gasteiger partial charge in [-0.3, -0.25) is 4.79 Å². The van der Waals surface area contributed by atoms with Gasteiger partial charge in [0.25, 0.3) is 0 Å². The lowest BCUT2D eigenvalue weighted by molar-refractivity contribution is -0.118. The average molecular weight is 492 g/mol. The molecule has 180 valence electrons. The van der Waals surface area contributed by atoms with Gasteiger partial charge in [-0.1, -0.05) is 0 Å². The maximum atomic E-state index is 13.1. The van der Waals surface area contributed by atoms with E-state index in [1.54, 1.807) is 12.1 Å². The molecule has 2 saturated heterocycles. The highest BCUT2D eigenvalue weighted by atomic mass is 32.2. The van der Waals surface area contributed by atoms with Gasteiger partial charge < -0.3 is 15.2 Å². The lowest BCUT2D eigenvalue weighted by Crippen LogP contribution is -2.54. The van der Waals surface area contributed by atoms with E-state index >= 15 is 0 Å². The molecule has 2 aliphatic rings. The van der Waals surface area contributed by atoms with Crippen molar-refractivity contribution in [3.63, 3.8) is 0 Å². The van der Waals surface area contributed by atoms with Crippen molar-refractivity contribution in [1.29, 1.82) is 0 Å². The van der Waals surface area contributed by atoms with Crippen LogP contribution in [0.15, 0.2) is 24.3 Å². The zero-order valence-corrected chi connectivity index (χ0v) is 19.5. The van der Waals surface area contributed by atoms with Gasteiger partial charge in [0.1, 0.15) is 5.82 Å². The predicted octanol–water partition coefficient (Wildman–Crippen LogP) is 0.274. The first-order valence-corrected chi connectivity index (χ1v) is 13.8. The number of sulfonamides is 2. The largest absolute Gasteiger partial charge is 0.756 e. The van der Waals surface area contributed by atoms with Crippen molar-refractivity contribution in [2.45, 2.75) is 18.9 Å². The average Bonchev–Trinajstić information content (AvgIpc) is 2.77. The molecule has 32 heavy (non-hydrogen) atoms. The normalized spacial score (nSPS) is 22.5. The van der Waals surface area contributed by atoms with Crippen LogP contribution in [0, 0.1) is 16.9 Å². The zero-order chi connectivity index (χ0) is 23.5. The first kappa shape index (κ1) is 24.8. The van der Waals surface area contributed by atoms with Gasteiger partial charge in [0, 0.05) is 51.0 Å². The Balaban J connectivity index is 1.68. The van der Waals surface area contributed by atoms with Crippen molar-refractivity contribution < 1.29 is 26.0 Å². The number of hydrogen-bond donors (Lipinski definition) is 0. The third-order valence-electron chi connectivity index (χ3n) is 6.07. The summed E-state index contributed by atoms with van der Waals surface area (Å²) in [4.78, 5) is 13.1. The van der Waals surface area contributed by atoms with Crippen molar-refractivity contribution in [1.82, 2.24) is 13.7 Å². The molecule has 2 atom stereocenters. The van der Waals surface area contributed by atoms with Crippen LogP contribution in [0.4, 0.5) is 10.1 Å². The van der Waals surface area contributed by atoms with Crippen molar-refractivity contribution in [2.24, 2.45) is 5.92 Å². The Kier molecular flexibility index (Phi) is 7.76. The molecule has 3 rings (SSSR count). The van der Waals surface area contributed by atoms with Gasteiger partial charge in [0.2, 0.25) is 20.0 Å². The molecule has 0 aromatic heterocycles. The van der Waals surface area contributed by atoms with Crippen LogP contribution >= 0.6 is 0 Å². The lowest BCUT2D eigenvalue weighted by atomic mass is 9.92. The Labute approximate surface area is 188 Å². The van der Waals surface area contributed by atoms with E-state index in [4.69, 9.17) is 0 Å². The van der Waals surface area contributed by atoms with Crippen LogP contribution in [-0.4, -0.2) is 94.2 Å². The standard InChI is InChI=1S/C19H28FN4O6S2/c1-31(27,28)23-8-2-3-16(13-23)19(24(26)15-25)14-32(29,30)22-11-9-21(10-12-22)18-6-4-17(20)5-7-18/h4-7,15-16,19H,2-3,8-14H2,1H3/q-1. The van der Waals surface area contributed by atoms with E-state index in [1.165, 1.54) is 20.7 Å². The van der Waals surface area contributed by atoms with E-state index in [9.17, 15) is 31.2 Å². The molecule has 1 aromatic carbocycles. The summed E-state index contributed by atoms with van der Waals surface area (Å²) in [6, 6.07) is 4.78. The van der Waals surface area contributed by atoms with Crippen molar-refractivity contribution >= 4 is 32.1 Å². The van der Waals surface area contributed by atoms with E-state index in [0.717, 1.165) is 11.9 Å². The molecule has 0 N–H and O–H groups in total. The van der Waals surface area contributed by atoms with Crippen LogP contribution in [0.5, 0.6) is 0 Å². The van der Waals surface area contributed by atoms with Crippen LogP contribution in [0.25, 0.3) is 0 Å². The molecule has 0 saturated carbocycles.